The van der Waals surface area contributed by atoms with E-state index in [-0.39, 0.29) is 48.0 Å². The van der Waals surface area contributed by atoms with E-state index in [1.165, 1.54) is 5.57 Å². The first-order chi connectivity index (χ1) is 19.5. The number of carbonyl (C=O) groups excluding carboxylic acids is 2. The highest BCUT2D eigenvalue weighted by atomic mass is 16.6. The van der Waals surface area contributed by atoms with Crippen molar-refractivity contribution >= 4 is 23.4 Å². The summed E-state index contributed by atoms with van der Waals surface area (Å²) >= 11 is 0. The minimum absolute atomic E-state index is 0.0702. The van der Waals surface area contributed by atoms with Gasteiger partial charge in [-0.05, 0) is 93.1 Å². The van der Waals surface area contributed by atoms with Gasteiger partial charge < -0.3 is 20.4 Å². The van der Waals surface area contributed by atoms with Gasteiger partial charge >= 0.3 is 5.97 Å². The van der Waals surface area contributed by atoms with Crippen LogP contribution in [0, 0.1) is 28.6 Å². The maximum absolute atomic E-state index is 12.5. The number of allylic oxidation sites excluding steroid dienone is 2. The van der Waals surface area contributed by atoms with Crippen molar-refractivity contribution in [3.63, 3.8) is 0 Å². The second-order valence-corrected chi connectivity index (χ2v) is 13.3. The van der Waals surface area contributed by atoms with E-state index < -0.39 is 11.6 Å². The number of oxime groups is 1. The number of amides is 1. The SMILES string of the molecule is CC(=O)[C@@]1(O)CCC2C3CCC4=C/C(=N\OCC(=O)NCC(CC(=O)O)c5ccccc5)CC[C@]4(C)C3CC[C@@]21C. The Bertz CT molecular complexity index is 1240. The molecule has 5 rings (SSSR count). The Morgan fingerprint density at radius 3 is 2.49 bits per heavy atom. The Hall–Kier alpha value is -3.00. The summed E-state index contributed by atoms with van der Waals surface area (Å²) in [6.07, 6.45) is 9.31. The molecule has 3 fully saturated rings. The van der Waals surface area contributed by atoms with Gasteiger partial charge in [-0.2, -0.15) is 0 Å². The molecule has 4 aliphatic rings. The summed E-state index contributed by atoms with van der Waals surface area (Å²) in [5.74, 6) is -0.213. The van der Waals surface area contributed by atoms with Crippen molar-refractivity contribution in [2.24, 2.45) is 33.7 Å². The third-order valence-electron chi connectivity index (χ3n) is 11.3. The van der Waals surface area contributed by atoms with Crippen LogP contribution in [0.3, 0.4) is 0 Å². The Morgan fingerprint density at radius 2 is 1.78 bits per heavy atom. The number of carboxylic acids is 1. The maximum atomic E-state index is 12.5. The van der Waals surface area contributed by atoms with Crippen molar-refractivity contribution in [2.45, 2.75) is 90.1 Å². The highest BCUT2D eigenvalue weighted by Crippen LogP contribution is 2.67. The minimum Gasteiger partial charge on any atom is -0.481 e. The normalized spacial score (nSPS) is 35.9. The fourth-order valence-corrected chi connectivity index (χ4v) is 8.94. The van der Waals surface area contributed by atoms with Crippen molar-refractivity contribution in [2.75, 3.05) is 13.2 Å². The Morgan fingerprint density at radius 1 is 1.05 bits per heavy atom. The molecule has 222 valence electrons. The Balaban J connectivity index is 1.18. The maximum Gasteiger partial charge on any atom is 0.304 e. The van der Waals surface area contributed by atoms with E-state index in [0.717, 1.165) is 56.2 Å². The zero-order chi connectivity index (χ0) is 29.4. The van der Waals surface area contributed by atoms with Crippen LogP contribution in [0.2, 0.25) is 0 Å². The molecular formula is C33H44N2O6. The number of ketones is 1. The molecule has 1 aromatic rings. The van der Waals surface area contributed by atoms with Crippen LogP contribution in [0.4, 0.5) is 0 Å². The van der Waals surface area contributed by atoms with Crippen LogP contribution in [-0.4, -0.2) is 52.3 Å². The highest BCUT2D eigenvalue weighted by Gasteiger charge is 2.65. The number of fused-ring (bicyclic) bond motifs is 5. The van der Waals surface area contributed by atoms with Gasteiger partial charge in [0.1, 0.15) is 5.60 Å². The molecule has 7 atom stereocenters. The first-order valence-electron chi connectivity index (χ1n) is 15.1. The van der Waals surface area contributed by atoms with Crippen LogP contribution in [0.25, 0.3) is 0 Å². The summed E-state index contributed by atoms with van der Waals surface area (Å²) in [6.45, 7) is 6.09. The predicted molar refractivity (Wildman–Crippen MR) is 155 cm³/mol. The van der Waals surface area contributed by atoms with E-state index in [9.17, 15) is 24.6 Å². The predicted octanol–water partition coefficient (Wildman–Crippen LogP) is 5.02. The van der Waals surface area contributed by atoms with Crippen LogP contribution in [-0.2, 0) is 19.2 Å². The molecule has 8 heteroatoms. The van der Waals surface area contributed by atoms with Gasteiger partial charge in [0.25, 0.3) is 5.91 Å². The third-order valence-corrected chi connectivity index (χ3v) is 11.3. The Kier molecular flexibility index (Phi) is 8.16. The molecule has 0 heterocycles. The summed E-state index contributed by atoms with van der Waals surface area (Å²) in [7, 11) is 0. The first kappa shape index (κ1) is 29.5. The number of hydrogen-bond acceptors (Lipinski definition) is 6. The molecule has 41 heavy (non-hydrogen) atoms. The van der Waals surface area contributed by atoms with Crippen molar-refractivity contribution in [3.05, 3.63) is 47.5 Å². The summed E-state index contributed by atoms with van der Waals surface area (Å²) in [6, 6.07) is 9.32. The second-order valence-electron chi connectivity index (χ2n) is 13.3. The Labute approximate surface area is 242 Å². The van der Waals surface area contributed by atoms with E-state index >= 15 is 0 Å². The standard InChI is InChI=1S/C33H44N2O6/c1-21(36)33(40)16-13-28-26-10-9-24-18-25(11-14-31(24,2)27(26)12-15-32(28,33)3)35-41-20-29(37)34-19-23(17-30(38)39)22-7-5-4-6-8-22/h4-8,18,23,26-28,40H,9-17,19-20H2,1-3H3,(H,34,37)(H,38,39)/b35-25-/t23?,26?,27?,28?,31-,32-,33-/m0/s1. The van der Waals surface area contributed by atoms with Crippen LogP contribution in [0.1, 0.15) is 90.0 Å². The third kappa shape index (κ3) is 5.36. The first-order valence-corrected chi connectivity index (χ1v) is 15.1. The molecule has 0 radical (unpaired) electrons. The highest BCUT2D eigenvalue weighted by molar-refractivity contribution is 5.96. The summed E-state index contributed by atoms with van der Waals surface area (Å²) in [5.41, 5.74) is 1.68. The van der Waals surface area contributed by atoms with E-state index in [1.807, 2.05) is 30.3 Å². The number of carboxylic acid groups (broad SMARTS) is 1. The number of aliphatic hydroxyl groups is 1. The molecule has 0 saturated heterocycles. The molecule has 4 unspecified atom stereocenters. The number of nitrogens with one attached hydrogen (secondary N) is 1. The van der Waals surface area contributed by atoms with E-state index in [0.29, 0.717) is 24.2 Å². The molecule has 0 bridgehead atoms. The number of hydrogen-bond donors (Lipinski definition) is 3. The van der Waals surface area contributed by atoms with Gasteiger partial charge in [-0.3, -0.25) is 14.4 Å². The number of carbonyl (C=O) groups is 3. The lowest BCUT2D eigenvalue weighted by Crippen LogP contribution is -2.57. The molecule has 1 aromatic carbocycles. The zero-order valence-corrected chi connectivity index (χ0v) is 24.5. The number of Topliss-reactive ketones (excluding diaryl/α,β-unsaturated/α-hetero) is 1. The van der Waals surface area contributed by atoms with E-state index in [1.54, 1.807) is 6.92 Å². The quantitative estimate of drug-likeness (QED) is 0.362. The molecule has 8 nitrogen and oxygen atoms in total. The van der Waals surface area contributed by atoms with Crippen molar-refractivity contribution < 1.29 is 29.4 Å². The van der Waals surface area contributed by atoms with Crippen LogP contribution in [0.5, 0.6) is 0 Å². The topological polar surface area (TPSA) is 125 Å². The lowest BCUT2D eigenvalue weighted by atomic mass is 9.46. The van der Waals surface area contributed by atoms with Gasteiger partial charge in [-0.15, -0.1) is 0 Å². The molecule has 4 aliphatic carbocycles. The minimum atomic E-state index is -1.19. The van der Waals surface area contributed by atoms with Gasteiger partial charge in [-0.1, -0.05) is 54.9 Å². The molecule has 0 aliphatic heterocycles. The van der Waals surface area contributed by atoms with E-state index in [4.69, 9.17) is 4.84 Å². The zero-order valence-electron chi connectivity index (χ0n) is 24.5. The number of rotatable bonds is 9. The molecule has 3 N–H and O–H groups in total. The van der Waals surface area contributed by atoms with Crippen molar-refractivity contribution in [1.82, 2.24) is 5.32 Å². The summed E-state index contributed by atoms with van der Waals surface area (Å²) in [4.78, 5) is 41.7. The molecule has 3 saturated carbocycles. The molecule has 0 spiro atoms. The van der Waals surface area contributed by atoms with Crippen LogP contribution in [0.15, 0.2) is 47.1 Å². The number of benzene rings is 1. The molecule has 0 aromatic heterocycles. The van der Waals surface area contributed by atoms with Gasteiger partial charge in [0.15, 0.2) is 12.4 Å². The fraction of sp³-hybridized carbons (Fsp3) is 0.636. The van der Waals surface area contributed by atoms with Gasteiger partial charge in [0.05, 0.1) is 12.1 Å². The molecular weight excluding hydrogens is 520 g/mol. The average Bonchev–Trinajstić information content (AvgIpc) is 3.23. The van der Waals surface area contributed by atoms with E-state index in [2.05, 4.69) is 30.4 Å². The summed E-state index contributed by atoms with van der Waals surface area (Å²) in [5, 5.41) is 27.7. The second kappa shape index (κ2) is 11.3. The van der Waals surface area contributed by atoms with Crippen LogP contribution < -0.4 is 5.32 Å². The largest absolute Gasteiger partial charge is 0.481 e. The smallest absolute Gasteiger partial charge is 0.304 e. The average molecular weight is 565 g/mol. The van der Waals surface area contributed by atoms with Gasteiger partial charge in [-0.25, -0.2) is 0 Å². The van der Waals surface area contributed by atoms with Gasteiger partial charge in [0.2, 0.25) is 0 Å². The summed E-state index contributed by atoms with van der Waals surface area (Å²) < 4.78 is 0. The number of nitrogens with zero attached hydrogens (tertiary/aromatic N) is 1. The van der Waals surface area contributed by atoms with Crippen LogP contribution >= 0.6 is 0 Å². The van der Waals surface area contributed by atoms with Crippen molar-refractivity contribution in [3.8, 4) is 0 Å². The van der Waals surface area contributed by atoms with Crippen molar-refractivity contribution in [1.29, 1.82) is 0 Å². The lowest BCUT2D eigenvalue weighted by molar-refractivity contribution is -0.159. The monoisotopic (exact) mass is 564 g/mol. The lowest BCUT2D eigenvalue weighted by Gasteiger charge is -2.59. The molecule has 1 amide bonds. The van der Waals surface area contributed by atoms with Gasteiger partial charge in [0, 0.05) is 17.9 Å². The fourth-order valence-electron chi connectivity index (χ4n) is 8.94. The number of aliphatic carboxylic acids is 1.